The van der Waals surface area contributed by atoms with E-state index in [1.807, 2.05) is 44.2 Å². The van der Waals surface area contributed by atoms with E-state index in [2.05, 4.69) is 15.2 Å². The Balaban J connectivity index is 1.29. The SMILES string of the molecule is C[C@@H]1CN(c2cccc(-c3ccc4cnc(CC(=O)N[C@@H]5C[C@H](O)CN(S(=O)(=O)C(F)F)C5)cc4n3)n2)C[C@H](C)O1. The van der Waals surface area contributed by atoms with Crippen LogP contribution in [0.25, 0.3) is 22.3 Å². The summed E-state index contributed by atoms with van der Waals surface area (Å²) < 4.78 is 56.0. The molecule has 4 atom stereocenters. The Hall–Kier alpha value is -3.33. The zero-order valence-corrected chi connectivity index (χ0v) is 23.5. The number of ether oxygens (including phenoxy) is 1. The number of morpholine rings is 1. The van der Waals surface area contributed by atoms with E-state index in [-0.39, 0.29) is 31.6 Å². The minimum atomic E-state index is -4.87. The van der Waals surface area contributed by atoms with Gasteiger partial charge in [-0.3, -0.25) is 9.78 Å². The van der Waals surface area contributed by atoms with Gasteiger partial charge in [0, 0.05) is 43.8 Å². The van der Waals surface area contributed by atoms with Crippen LogP contribution in [0.2, 0.25) is 0 Å². The lowest BCUT2D eigenvalue weighted by Crippen LogP contribution is -2.55. The van der Waals surface area contributed by atoms with Crippen LogP contribution in [0.15, 0.2) is 42.6 Å². The van der Waals surface area contributed by atoms with Gasteiger partial charge in [0.15, 0.2) is 0 Å². The number of fused-ring (bicyclic) bond motifs is 1. The number of aliphatic hydroxyl groups is 1. The summed E-state index contributed by atoms with van der Waals surface area (Å²) in [6.45, 7) is 4.76. The quantitative estimate of drug-likeness (QED) is 0.423. The molecule has 2 fully saturated rings. The molecule has 0 saturated carbocycles. The standard InChI is InChI=1S/C27H32F2N6O5S/c1-16-12-34(13-17(2)40-16)25-5-3-4-22(33-25)23-7-6-18-11-30-19(9-24(18)32-23)10-26(37)31-20-8-21(36)15-35(14-20)41(38,39)27(28)29/h3-7,9,11,16-17,20-21,27,36H,8,10,12-15H2,1-2H3,(H,31,37)/t16-,17+,20-,21+/m1/s1. The Labute approximate surface area is 236 Å². The van der Waals surface area contributed by atoms with Crippen molar-refractivity contribution < 1.29 is 31.8 Å². The second-order valence-corrected chi connectivity index (χ2v) is 12.5. The largest absolute Gasteiger partial charge is 0.392 e. The number of carbonyl (C=O) groups is 1. The summed E-state index contributed by atoms with van der Waals surface area (Å²) in [5.74, 6) is -3.25. The Morgan fingerprint density at radius 2 is 1.83 bits per heavy atom. The summed E-state index contributed by atoms with van der Waals surface area (Å²) in [4.78, 5) is 28.9. The number of amides is 1. The average Bonchev–Trinajstić information content (AvgIpc) is 2.91. The molecule has 0 aliphatic carbocycles. The number of anilines is 1. The first-order chi connectivity index (χ1) is 19.5. The zero-order valence-electron chi connectivity index (χ0n) is 22.7. The number of nitrogens with one attached hydrogen (secondary N) is 1. The van der Waals surface area contributed by atoms with Crippen molar-refractivity contribution in [3.05, 3.63) is 48.3 Å². The average molecular weight is 591 g/mol. The van der Waals surface area contributed by atoms with Crippen molar-refractivity contribution >= 4 is 32.7 Å². The van der Waals surface area contributed by atoms with Gasteiger partial charge >= 0.3 is 5.76 Å². The van der Waals surface area contributed by atoms with Crippen molar-refractivity contribution in [2.45, 2.75) is 56.8 Å². The third-order valence-corrected chi connectivity index (χ3v) is 8.53. The number of sulfonamides is 1. The van der Waals surface area contributed by atoms with Crippen molar-refractivity contribution in [1.82, 2.24) is 24.6 Å². The van der Waals surface area contributed by atoms with Crippen LogP contribution >= 0.6 is 0 Å². The van der Waals surface area contributed by atoms with E-state index in [4.69, 9.17) is 14.7 Å². The Morgan fingerprint density at radius 1 is 1.10 bits per heavy atom. The number of hydrogen-bond acceptors (Lipinski definition) is 9. The minimum Gasteiger partial charge on any atom is -0.392 e. The summed E-state index contributed by atoms with van der Waals surface area (Å²) in [6, 6.07) is 10.4. The molecule has 1 amide bonds. The first kappa shape index (κ1) is 29.2. The number of aliphatic hydroxyl groups excluding tert-OH is 1. The summed E-state index contributed by atoms with van der Waals surface area (Å²) in [5.41, 5.74) is 2.40. The van der Waals surface area contributed by atoms with E-state index in [1.54, 1.807) is 12.3 Å². The van der Waals surface area contributed by atoms with Gasteiger partial charge in [-0.1, -0.05) is 6.07 Å². The van der Waals surface area contributed by atoms with Gasteiger partial charge in [0.1, 0.15) is 5.82 Å². The molecule has 5 rings (SSSR count). The molecule has 2 saturated heterocycles. The smallest absolute Gasteiger partial charge is 0.350 e. The van der Waals surface area contributed by atoms with Crippen LogP contribution in [0.4, 0.5) is 14.6 Å². The van der Waals surface area contributed by atoms with Crippen LogP contribution in [0.1, 0.15) is 26.0 Å². The van der Waals surface area contributed by atoms with Crippen LogP contribution < -0.4 is 10.2 Å². The molecule has 2 aliphatic rings. The maximum atomic E-state index is 13.0. The molecule has 41 heavy (non-hydrogen) atoms. The van der Waals surface area contributed by atoms with E-state index in [9.17, 15) is 27.1 Å². The highest BCUT2D eigenvalue weighted by Crippen LogP contribution is 2.25. The molecule has 5 heterocycles. The fraction of sp³-hybridized carbons (Fsp3) is 0.481. The Kier molecular flexibility index (Phi) is 8.45. The molecule has 2 aliphatic heterocycles. The van der Waals surface area contributed by atoms with Gasteiger partial charge in [-0.2, -0.15) is 13.1 Å². The van der Waals surface area contributed by atoms with Gasteiger partial charge in [0.05, 0.1) is 47.3 Å². The number of carbonyl (C=O) groups excluding carboxylic acids is 1. The number of piperidine rings is 1. The number of halogens is 2. The second kappa shape index (κ2) is 11.9. The van der Waals surface area contributed by atoms with Gasteiger partial charge < -0.3 is 20.1 Å². The van der Waals surface area contributed by atoms with Crippen LogP contribution in [-0.2, 0) is 26.0 Å². The first-order valence-corrected chi connectivity index (χ1v) is 14.9. The normalized spacial score (nSPS) is 24.1. The Bertz CT molecular complexity index is 1520. The van der Waals surface area contributed by atoms with Crippen LogP contribution in [0, 0.1) is 0 Å². The molecule has 220 valence electrons. The van der Waals surface area contributed by atoms with E-state index < -0.39 is 40.4 Å². The minimum absolute atomic E-state index is 0.0470. The molecule has 0 unspecified atom stereocenters. The van der Waals surface area contributed by atoms with Gasteiger partial charge in [0.2, 0.25) is 5.91 Å². The second-order valence-electron chi connectivity index (χ2n) is 10.6. The predicted molar refractivity (Wildman–Crippen MR) is 148 cm³/mol. The molecule has 3 aromatic heterocycles. The van der Waals surface area contributed by atoms with Crippen molar-refractivity contribution in [1.29, 1.82) is 0 Å². The fourth-order valence-corrected chi connectivity index (χ4v) is 6.30. The summed E-state index contributed by atoms with van der Waals surface area (Å²) in [6.07, 6.45) is 0.530. The highest BCUT2D eigenvalue weighted by atomic mass is 32.2. The third-order valence-electron chi connectivity index (χ3n) is 7.06. The number of aromatic nitrogens is 3. The molecule has 2 N–H and O–H groups in total. The Morgan fingerprint density at radius 3 is 2.56 bits per heavy atom. The fourth-order valence-electron chi connectivity index (χ4n) is 5.31. The number of alkyl halides is 2. The van der Waals surface area contributed by atoms with Gasteiger partial charge in [0.25, 0.3) is 10.0 Å². The van der Waals surface area contributed by atoms with Gasteiger partial charge in [-0.25, -0.2) is 18.4 Å². The van der Waals surface area contributed by atoms with E-state index in [1.165, 1.54) is 0 Å². The molecule has 11 nitrogen and oxygen atoms in total. The lowest BCUT2D eigenvalue weighted by molar-refractivity contribution is -0.121. The van der Waals surface area contributed by atoms with Crippen molar-refractivity contribution in [3.8, 4) is 11.4 Å². The molecule has 3 aromatic rings. The monoisotopic (exact) mass is 590 g/mol. The number of β-amino-alcohol motifs (C(OH)–C–C–N with tert-alkyl or cyclic N) is 1. The summed E-state index contributed by atoms with van der Waals surface area (Å²) in [5, 5.41) is 13.4. The van der Waals surface area contributed by atoms with Crippen LogP contribution in [-0.4, -0.2) is 95.0 Å². The van der Waals surface area contributed by atoms with Gasteiger partial charge in [-0.15, -0.1) is 0 Å². The predicted octanol–water partition coefficient (Wildman–Crippen LogP) is 1.95. The lowest BCUT2D eigenvalue weighted by atomic mass is 10.0. The molecule has 0 spiro atoms. The molecule has 14 heteroatoms. The number of nitrogens with zero attached hydrogens (tertiary/aromatic N) is 5. The van der Waals surface area contributed by atoms with Crippen molar-refractivity contribution in [3.63, 3.8) is 0 Å². The molecule has 0 radical (unpaired) electrons. The number of hydrogen-bond donors (Lipinski definition) is 2. The van der Waals surface area contributed by atoms with E-state index in [0.29, 0.717) is 26.9 Å². The van der Waals surface area contributed by atoms with Crippen LogP contribution in [0.3, 0.4) is 0 Å². The van der Waals surface area contributed by atoms with Crippen LogP contribution in [0.5, 0.6) is 0 Å². The van der Waals surface area contributed by atoms with Crippen molar-refractivity contribution in [2.75, 3.05) is 31.1 Å². The highest BCUT2D eigenvalue weighted by Gasteiger charge is 2.38. The topological polar surface area (TPSA) is 138 Å². The first-order valence-electron chi connectivity index (χ1n) is 13.4. The van der Waals surface area contributed by atoms with E-state index >= 15 is 0 Å². The summed E-state index contributed by atoms with van der Waals surface area (Å²) in [7, 11) is -4.87. The molecular formula is C27H32F2N6O5S. The van der Waals surface area contributed by atoms with Gasteiger partial charge in [-0.05, 0) is 50.6 Å². The number of rotatable bonds is 7. The molecule has 0 bridgehead atoms. The lowest BCUT2D eigenvalue weighted by Gasteiger charge is -2.36. The van der Waals surface area contributed by atoms with E-state index in [0.717, 1.165) is 24.3 Å². The highest BCUT2D eigenvalue weighted by molar-refractivity contribution is 7.89. The molecular weight excluding hydrogens is 558 g/mol. The zero-order chi connectivity index (χ0) is 29.3. The maximum absolute atomic E-state index is 13.0. The third kappa shape index (κ3) is 6.77. The van der Waals surface area contributed by atoms with Crippen molar-refractivity contribution in [2.24, 2.45) is 0 Å². The maximum Gasteiger partial charge on any atom is 0.350 e. The number of pyridine rings is 3. The summed E-state index contributed by atoms with van der Waals surface area (Å²) >= 11 is 0. The molecule has 0 aromatic carbocycles.